The fourth-order valence-electron chi connectivity index (χ4n) is 4.68. The summed E-state index contributed by atoms with van der Waals surface area (Å²) in [6.45, 7) is 3.08. The van der Waals surface area contributed by atoms with Crippen LogP contribution in [0.25, 0.3) is 0 Å². The van der Waals surface area contributed by atoms with Crippen molar-refractivity contribution in [1.29, 1.82) is 5.26 Å². The van der Waals surface area contributed by atoms with E-state index in [1.165, 1.54) is 5.56 Å². The van der Waals surface area contributed by atoms with Crippen LogP contribution in [0.2, 0.25) is 0 Å². The Bertz CT molecular complexity index is 1300. The van der Waals surface area contributed by atoms with Gasteiger partial charge in [0.2, 0.25) is 5.91 Å². The molecule has 0 saturated carbocycles. The van der Waals surface area contributed by atoms with E-state index in [0.29, 0.717) is 24.7 Å². The van der Waals surface area contributed by atoms with Crippen LogP contribution in [0.4, 0.5) is 5.69 Å². The van der Waals surface area contributed by atoms with Crippen LogP contribution in [-0.4, -0.2) is 23.4 Å². The topological polar surface area (TPSA) is 56.6 Å². The number of carbonyl (C=O) groups is 1. The third-order valence-electron chi connectivity index (χ3n) is 6.52. The number of hydrogen-bond donors (Lipinski definition) is 0. The van der Waals surface area contributed by atoms with E-state index >= 15 is 0 Å². The molecule has 1 amide bonds. The summed E-state index contributed by atoms with van der Waals surface area (Å²) in [6, 6.07) is 28.6. The highest BCUT2D eigenvalue weighted by Gasteiger charge is 2.38. The summed E-state index contributed by atoms with van der Waals surface area (Å²) in [4.78, 5) is 17.3. The van der Waals surface area contributed by atoms with E-state index in [-0.39, 0.29) is 18.2 Å². The lowest BCUT2D eigenvalue weighted by atomic mass is 9.86. The van der Waals surface area contributed by atoms with Gasteiger partial charge < -0.3 is 9.64 Å². The lowest BCUT2D eigenvalue weighted by Gasteiger charge is -2.42. The Morgan fingerprint density at radius 3 is 2.66 bits per heavy atom. The van der Waals surface area contributed by atoms with Gasteiger partial charge in [-0.1, -0.05) is 79.3 Å². The first-order chi connectivity index (χ1) is 17.2. The minimum atomic E-state index is -0.263. The molecule has 2 aliphatic rings. The number of ether oxygens (including phenoxy) is 1. The van der Waals surface area contributed by atoms with Crippen molar-refractivity contribution in [2.75, 3.05) is 17.4 Å². The zero-order chi connectivity index (χ0) is 24.2. The highest BCUT2D eigenvalue weighted by atomic mass is 32.2. The van der Waals surface area contributed by atoms with Gasteiger partial charge in [-0.3, -0.25) is 9.69 Å². The molecule has 0 N–H and O–H groups in total. The Balaban J connectivity index is 1.38. The predicted octanol–water partition coefficient (Wildman–Crippen LogP) is 6.05. The molecule has 1 fully saturated rings. The second kappa shape index (κ2) is 10.3. The summed E-state index contributed by atoms with van der Waals surface area (Å²) in [6.07, 6.45) is 1.21. The average molecular weight is 482 g/mol. The standard InChI is InChI=1S/C29H27N3O2S/c1-2-22-11-6-7-14-27(22)31-19-32-28(33)16-25(26(17-30)29(32)35-20-31)23-12-8-13-24(15-23)34-18-21-9-4-3-5-10-21/h3-15,25H,2,16,18-20H2,1H3. The fraction of sp³-hybridized carbons (Fsp3) is 0.241. The van der Waals surface area contributed by atoms with Crippen molar-refractivity contribution < 1.29 is 9.53 Å². The van der Waals surface area contributed by atoms with Crippen LogP contribution in [-0.2, 0) is 17.8 Å². The van der Waals surface area contributed by atoms with E-state index in [9.17, 15) is 10.1 Å². The molecule has 35 heavy (non-hydrogen) atoms. The Labute approximate surface area is 210 Å². The highest BCUT2D eigenvalue weighted by molar-refractivity contribution is 8.03. The summed E-state index contributed by atoms with van der Waals surface area (Å²) >= 11 is 1.57. The minimum Gasteiger partial charge on any atom is -0.489 e. The van der Waals surface area contributed by atoms with Crippen LogP contribution in [0.15, 0.2) is 89.5 Å². The van der Waals surface area contributed by atoms with Crippen molar-refractivity contribution in [2.45, 2.75) is 32.3 Å². The maximum atomic E-state index is 13.3. The van der Waals surface area contributed by atoms with E-state index in [1.807, 2.05) is 66.7 Å². The maximum Gasteiger partial charge on any atom is 0.229 e. The number of nitriles is 1. The molecule has 0 radical (unpaired) electrons. The molecule has 3 aromatic carbocycles. The van der Waals surface area contributed by atoms with E-state index < -0.39 is 0 Å². The molecule has 1 saturated heterocycles. The quantitative estimate of drug-likeness (QED) is 0.429. The smallest absolute Gasteiger partial charge is 0.229 e. The number of rotatable bonds is 6. The molecule has 5 rings (SSSR count). The molecule has 0 aromatic heterocycles. The first-order valence-electron chi connectivity index (χ1n) is 11.8. The normalized spacial score (nSPS) is 17.7. The van der Waals surface area contributed by atoms with Gasteiger partial charge in [-0.25, -0.2) is 0 Å². The van der Waals surface area contributed by atoms with Gasteiger partial charge in [-0.05, 0) is 41.3 Å². The molecule has 0 bridgehead atoms. The second-order valence-corrected chi connectivity index (χ2v) is 9.63. The zero-order valence-corrected chi connectivity index (χ0v) is 20.5. The Hall–Kier alpha value is -3.69. The number of allylic oxidation sites excluding steroid dienone is 1. The molecule has 1 atom stereocenters. The number of amides is 1. The molecular weight excluding hydrogens is 454 g/mol. The van der Waals surface area contributed by atoms with E-state index in [1.54, 1.807) is 16.7 Å². The molecule has 1 unspecified atom stereocenters. The monoisotopic (exact) mass is 481 g/mol. The molecule has 6 heteroatoms. The lowest BCUT2D eigenvalue weighted by Crippen LogP contribution is -2.47. The number of thioether (sulfide) groups is 1. The molecule has 0 aliphatic carbocycles. The number of aryl methyl sites for hydroxylation is 1. The summed E-state index contributed by atoms with van der Waals surface area (Å²) < 4.78 is 6.00. The molecule has 0 spiro atoms. The van der Waals surface area contributed by atoms with Crippen LogP contribution < -0.4 is 9.64 Å². The van der Waals surface area contributed by atoms with Gasteiger partial charge in [0.15, 0.2) is 0 Å². The Kier molecular flexibility index (Phi) is 6.78. The van der Waals surface area contributed by atoms with Crippen LogP contribution in [0.1, 0.15) is 36.0 Å². The Morgan fingerprint density at radius 2 is 1.86 bits per heavy atom. The first-order valence-corrected chi connectivity index (χ1v) is 12.8. The van der Waals surface area contributed by atoms with Gasteiger partial charge in [0.1, 0.15) is 12.4 Å². The molecule has 176 valence electrons. The van der Waals surface area contributed by atoms with Crippen LogP contribution in [0.5, 0.6) is 5.75 Å². The number of benzene rings is 3. The van der Waals surface area contributed by atoms with Crippen molar-refractivity contribution in [3.63, 3.8) is 0 Å². The van der Waals surface area contributed by atoms with Gasteiger partial charge in [0.25, 0.3) is 0 Å². The van der Waals surface area contributed by atoms with E-state index in [2.05, 4.69) is 30.0 Å². The summed E-state index contributed by atoms with van der Waals surface area (Å²) in [7, 11) is 0. The number of nitrogens with zero attached hydrogens (tertiary/aromatic N) is 3. The number of para-hydroxylation sites is 1. The van der Waals surface area contributed by atoms with Crippen LogP contribution in [0.3, 0.4) is 0 Å². The summed E-state index contributed by atoms with van der Waals surface area (Å²) in [5.74, 6) is 1.22. The van der Waals surface area contributed by atoms with Crippen molar-refractivity contribution in [3.8, 4) is 11.8 Å². The number of anilines is 1. The molecule has 5 nitrogen and oxygen atoms in total. The summed E-state index contributed by atoms with van der Waals surface area (Å²) in [5.41, 5.74) is 5.10. The largest absolute Gasteiger partial charge is 0.489 e. The molecular formula is C29H27N3O2S. The van der Waals surface area contributed by atoms with E-state index in [0.717, 1.165) is 34.0 Å². The van der Waals surface area contributed by atoms with Crippen LogP contribution >= 0.6 is 11.8 Å². The second-order valence-electron chi connectivity index (χ2n) is 8.69. The SMILES string of the molecule is CCc1ccccc1N1CSC2=C(C#N)C(c3cccc(OCc4ccccc4)c3)CC(=O)N2C1. The molecule has 3 aromatic rings. The highest BCUT2D eigenvalue weighted by Crippen LogP contribution is 2.44. The molecule has 2 heterocycles. The zero-order valence-electron chi connectivity index (χ0n) is 19.7. The van der Waals surface area contributed by atoms with Crippen molar-refractivity contribution in [2.24, 2.45) is 0 Å². The fourth-order valence-corrected chi connectivity index (χ4v) is 5.84. The van der Waals surface area contributed by atoms with Gasteiger partial charge in [0.05, 0.1) is 29.2 Å². The molecule has 2 aliphatic heterocycles. The number of fused-ring (bicyclic) bond motifs is 1. The third kappa shape index (κ3) is 4.78. The van der Waals surface area contributed by atoms with Crippen molar-refractivity contribution in [1.82, 2.24) is 4.90 Å². The first kappa shape index (κ1) is 23.1. The van der Waals surface area contributed by atoms with Gasteiger partial charge in [-0.15, -0.1) is 0 Å². The lowest BCUT2D eigenvalue weighted by molar-refractivity contribution is -0.129. The maximum absolute atomic E-state index is 13.3. The van der Waals surface area contributed by atoms with Crippen LogP contribution in [0, 0.1) is 11.3 Å². The van der Waals surface area contributed by atoms with Crippen molar-refractivity contribution >= 4 is 23.4 Å². The van der Waals surface area contributed by atoms with Gasteiger partial charge >= 0.3 is 0 Å². The van der Waals surface area contributed by atoms with Crippen molar-refractivity contribution in [3.05, 3.63) is 106 Å². The third-order valence-corrected chi connectivity index (χ3v) is 7.67. The summed E-state index contributed by atoms with van der Waals surface area (Å²) in [5, 5.41) is 10.9. The van der Waals surface area contributed by atoms with Gasteiger partial charge in [-0.2, -0.15) is 5.26 Å². The van der Waals surface area contributed by atoms with E-state index in [4.69, 9.17) is 4.74 Å². The predicted molar refractivity (Wildman–Crippen MR) is 140 cm³/mol. The Morgan fingerprint density at radius 1 is 1.06 bits per heavy atom. The number of hydrogen-bond acceptors (Lipinski definition) is 5. The minimum absolute atomic E-state index is 0.0470. The number of carbonyl (C=O) groups excluding carboxylic acids is 1. The van der Waals surface area contributed by atoms with Gasteiger partial charge in [0, 0.05) is 18.0 Å². The average Bonchev–Trinajstić information content (AvgIpc) is 2.92.